The van der Waals surface area contributed by atoms with E-state index in [9.17, 15) is 9.90 Å². The Labute approximate surface area is 100 Å². The minimum Gasteiger partial charge on any atom is -0.387 e. The van der Waals surface area contributed by atoms with E-state index in [1.165, 1.54) is 0 Å². The highest BCUT2D eigenvalue weighted by Crippen LogP contribution is 2.18. The monoisotopic (exact) mass is 235 g/mol. The molecule has 2 heterocycles. The van der Waals surface area contributed by atoms with Gasteiger partial charge in [0.15, 0.2) is 0 Å². The second-order valence-electron chi connectivity index (χ2n) is 4.14. The van der Waals surface area contributed by atoms with Crippen LogP contribution in [0.5, 0.6) is 0 Å². The number of pyridine rings is 1. The van der Waals surface area contributed by atoms with E-state index in [4.69, 9.17) is 0 Å². The molecule has 2 rings (SSSR count). The zero-order valence-corrected chi connectivity index (χ0v) is 9.89. The van der Waals surface area contributed by atoms with Gasteiger partial charge >= 0.3 is 0 Å². The first-order chi connectivity index (χ1) is 8.20. The van der Waals surface area contributed by atoms with Crippen LogP contribution >= 0.6 is 0 Å². The van der Waals surface area contributed by atoms with E-state index in [-0.39, 0.29) is 5.91 Å². The Hall–Kier alpha value is -1.62. The van der Waals surface area contributed by atoms with Crippen LogP contribution in [0.4, 0.5) is 5.69 Å². The number of nitrogens with one attached hydrogen (secondary N) is 1. The van der Waals surface area contributed by atoms with Crippen molar-refractivity contribution in [2.24, 2.45) is 0 Å². The summed E-state index contributed by atoms with van der Waals surface area (Å²) in [5, 5.41) is 12.4. The van der Waals surface area contributed by atoms with Crippen LogP contribution in [0.15, 0.2) is 18.3 Å². The van der Waals surface area contributed by atoms with Crippen molar-refractivity contribution < 1.29 is 9.90 Å². The fourth-order valence-corrected chi connectivity index (χ4v) is 1.85. The second kappa shape index (κ2) is 5.14. The number of rotatable bonds is 3. The third-order valence-electron chi connectivity index (χ3n) is 2.90. The maximum Gasteiger partial charge on any atom is 0.239 e. The number of amides is 1. The molecule has 1 aliphatic heterocycles. The number of aliphatic hydroxyl groups excluding tert-OH is 1. The smallest absolute Gasteiger partial charge is 0.239 e. The normalized spacial score (nSPS) is 17.8. The van der Waals surface area contributed by atoms with Gasteiger partial charge in [-0.05, 0) is 18.6 Å². The van der Waals surface area contributed by atoms with Gasteiger partial charge in [-0.3, -0.25) is 9.78 Å². The van der Waals surface area contributed by atoms with Crippen LogP contribution in [0.2, 0.25) is 0 Å². The maximum atomic E-state index is 11.3. The highest BCUT2D eigenvalue weighted by Gasteiger charge is 2.17. The van der Waals surface area contributed by atoms with Crippen LogP contribution in [0.1, 0.15) is 25.1 Å². The molecule has 0 radical (unpaired) electrons. The summed E-state index contributed by atoms with van der Waals surface area (Å²) in [5.74, 6) is 0.0360. The van der Waals surface area contributed by atoms with Crippen molar-refractivity contribution in [2.45, 2.75) is 19.4 Å². The van der Waals surface area contributed by atoms with Crippen LogP contribution in [-0.4, -0.2) is 35.6 Å². The highest BCUT2D eigenvalue weighted by molar-refractivity contribution is 5.82. The lowest BCUT2D eigenvalue weighted by Gasteiger charge is -2.28. The van der Waals surface area contributed by atoms with Crippen molar-refractivity contribution in [3.63, 3.8) is 0 Å². The third-order valence-corrected chi connectivity index (χ3v) is 2.90. The quantitative estimate of drug-likeness (QED) is 0.799. The molecule has 92 valence electrons. The molecule has 1 fully saturated rings. The van der Waals surface area contributed by atoms with E-state index in [0.29, 0.717) is 25.2 Å². The Morgan fingerprint density at radius 3 is 3.00 bits per heavy atom. The fourth-order valence-electron chi connectivity index (χ4n) is 1.85. The summed E-state index contributed by atoms with van der Waals surface area (Å²) < 4.78 is 0. The zero-order chi connectivity index (χ0) is 12.3. The van der Waals surface area contributed by atoms with Crippen molar-refractivity contribution in [2.75, 3.05) is 24.5 Å². The van der Waals surface area contributed by atoms with Gasteiger partial charge in [0.1, 0.15) is 0 Å². The lowest BCUT2D eigenvalue weighted by Crippen LogP contribution is -2.47. The Balaban J connectivity index is 2.09. The molecule has 1 aromatic rings. The summed E-state index contributed by atoms with van der Waals surface area (Å²) in [6.45, 7) is 3.74. The second-order valence-corrected chi connectivity index (χ2v) is 4.14. The fraction of sp³-hybridized carbons (Fsp3) is 0.500. The number of aliphatic hydroxyl groups is 1. The van der Waals surface area contributed by atoms with Crippen molar-refractivity contribution in [1.29, 1.82) is 0 Å². The first kappa shape index (κ1) is 11.9. The molecular weight excluding hydrogens is 218 g/mol. The number of nitrogens with zero attached hydrogens (tertiary/aromatic N) is 2. The molecule has 0 aliphatic carbocycles. The van der Waals surface area contributed by atoms with E-state index in [1.54, 1.807) is 6.20 Å². The first-order valence-electron chi connectivity index (χ1n) is 5.86. The van der Waals surface area contributed by atoms with Gasteiger partial charge in [-0.25, -0.2) is 0 Å². The number of piperazine rings is 1. The molecule has 1 aromatic heterocycles. The van der Waals surface area contributed by atoms with Crippen molar-refractivity contribution >= 4 is 11.6 Å². The molecule has 1 amide bonds. The van der Waals surface area contributed by atoms with Crippen molar-refractivity contribution in [3.8, 4) is 0 Å². The molecule has 1 aliphatic rings. The molecule has 1 atom stereocenters. The van der Waals surface area contributed by atoms with Crippen LogP contribution in [0.25, 0.3) is 0 Å². The molecular formula is C12H17N3O2. The zero-order valence-electron chi connectivity index (χ0n) is 9.89. The summed E-state index contributed by atoms with van der Waals surface area (Å²) in [5.41, 5.74) is 1.60. The van der Waals surface area contributed by atoms with Crippen LogP contribution in [-0.2, 0) is 4.79 Å². The third kappa shape index (κ3) is 2.74. The number of hydrogen-bond acceptors (Lipinski definition) is 4. The molecule has 0 spiro atoms. The SMILES string of the molecule is CC[C@H](O)c1ccc(N2CCNC(=O)C2)cn1. The van der Waals surface area contributed by atoms with E-state index >= 15 is 0 Å². The van der Waals surface area contributed by atoms with Gasteiger partial charge in [0, 0.05) is 13.1 Å². The van der Waals surface area contributed by atoms with Crippen molar-refractivity contribution in [3.05, 3.63) is 24.0 Å². The van der Waals surface area contributed by atoms with Gasteiger partial charge in [-0.1, -0.05) is 6.92 Å². The molecule has 1 saturated heterocycles. The van der Waals surface area contributed by atoms with Crippen molar-refractivity contribution in [1.82, 2.24) is 10.3 Å². The number of anilines is 1. The lowest BCUT2D eigenvalue weighted by atomic mass is 10.2. The Kier molecular flexibility index (Phi) is 3.58. The summed E-state index contributed by atoms with van der Waals surface area (Å²) in [4.78, 5) is 17.5. The molecule has 5 heteroatoms. The van der Waals surface area contributed by atoms with Gasteiger partial charge < -0.3 is 15.3 Å². The summed E-state index contributed by atoms with van der Waals surface area (Å²) >= 11 is 0. The maximum absolute atomic E-state index is 11.3. The molecule has 0 aromatic carbocycles. The Morgan fingerprint density at radius 1 is 1.59 bits per heavy atom. The predicted molar refractivity (Wildman–Crippen MR) is 64.7 cm³/mol. The highest BCUT2D eigenvalue weighted by atomic mass is 16.3. The average molecular weight is 235 g/mol. The van der Waals surface area contributed by atoms with Gasteiger partial charge in [-0.2, -0.15) is 0 Å². The van der Waals surface area contributed by atoms with E-state index in [1.807, 2.05) is 24.0 Å². The predicted octanol–water partition coefficient (Wildman–Crippen LogP) is 0.461. The van der Waals surface area contributed by atoms with Crippen LogP contribution in [0, 0.1) is 0 Å². The molecule has 5 nitrogen and oxygen atoms in total. The summed E-state index contributed by atoms with van der Waals surface area (Å²) in [7, 11) is 0. The minimum absolute atomic E-state index is 0.0360. The average Bonchev–Trinajstić information content (AvgIpc) is 2.38. The first-order valence-corrected chi connectivity index (χ1v) is 5.86. The molecule has 2 N–H and O–H groups in total. The summed E-state index contributed by atoms with van der Waals surface area (Å²) in [6, 6.07) is 3.72. The molecule has 0 unspecified atom stereocenters. The summed E-state index contributed by atoms with van der Waals surface area (Å²) in [6.07, 6.45) is 1.86. The Morgan fingerprint density at radius 2 is 2.41 bits per heavy atom. The Bertz CT molecular complexity index is 391. The standard InChI is InChI=1S/C12H17N3O2/c1-2-11(16)10-4-3-9(7-14-10)15-6-5-13-12(17)8-15/h3-4,7,11,16H,2,5-6,8H2,1H3,(H,13,17)/t11-/m0/s1. The largest absolute Gasteiger partial charge is 0.387 e. The van der Waals surface area contributed by atoms with Crippen LogP contribution < -0.4 is 10.2 Å². The van der Waals surface area contributed by atoms with Gasteiger partial charge in [-0.15, -0.1) is 0 Å². The molecule has 0 saturated carbocycles. The molecule has 17 heavy (non-hydrogen) atoms. The molecule has 0 bridgehead atoms. The topological polar surface area (TPSA) is 65.5 Å². The van der Waals surface area contributed by atoms with Crippen LogP contribution in [0.3, 0.4) is 0 Å². The van der Waals surface area contributed by atoms with Gasteiger partial charge in [0.05, 0.1) is 30.2 Å². The number of carbonyl (C=O) groups excluding carboxylic acids is 1. The number of carbonyl (C=O) groups is 1. The van der Waals surface area contributed by atoms with Gasteiger partial charge in [0.2, 0.25) is 5.91 Å². The lowest BCUT2D eigenvalue weighted by molar-refractivity contribution is -0.120. The van der Waals surface area contributed by atoms with E-state index < -0.39 is 6.10 Å². The number of aromatic nitrogens is 1. The van der Waals surface area contributed by atoms with E-state index in [2.05, 4.69) is 10.3 Å². The van der Waals surface area contributed by atoms with E-state index in [0.717, 1.165) is 12.2 Å². The van der Waals surface area contributed by atoms with Gasteiger partial charge in [0.25, 0.3) is 0 Å². The minimum atomic E-state index is -0.506. The number of hydrogen-bond donors (Lipinski definition) is 2.